The van der Waals surface area contributed by atoms with Crippen molar-refractivity contribution in [2.24, 2.45) is 5.73 Å². The molecule has 0 aliphatic heterocycles. The van der Waals surface area contributed by atoms with E-state index in [1.165, 1.54) is 0 Å². The third-order valence-corrected chi connectivity index (χ3v) is 7.79. The number of thiol groups is 1. The molecule has 0 aliphatic rings. The van der Waals surface area contributed by atoms with Crippen molar-refractivity contribution in [2.45, 2.75) is 57.7 Å². The lowest BCUT2D eigenvalue weighted by Gasteiger charge is -2.43. The van der Waals surface area contributed by atoms with Crippen LogP contribution in [-0.2, 0) is 9.93 Å². The van der Waals surface area contributed by atoms with Gasteiger partial charge in [0.15, 0.2) is 0 Å². The van der Waals surface area contributed by atoms with Crippen LogP contribution >= 0.6 is 0 Å². The molecule has 0 aromatic rings. The second-order valence-electron chi connectivity index (χ2n) is 4.55. The monoisotopic (exact) mass is 221 g/mol. The van der Waals surface area contributed by atoms with Crippen LogP contribution in [0, 0.1) is 0 Å². The van der Waals surface area contributed by atoms with Crippen molar-refractivity contribution in [3.05, 3.63) is 0 Å². The Morgan fingerprint density at radius 2 is 1.86 bits per heavy atom. The summed E-state index contributed by atoms with van der Waals surface area (Å²) < 4.78 is 12.4. The Bertz CT molecular complexity index is 217. The highest BCUT2D eigenvalue weighted by Gasteiger charge is 2.38. The zero-order valence-electron chi connectivity index (χ0n) is 10.3. The van der Waals surface area contributed by atoms with Gasteiger partial charge >= 0.3 is 0 Å². The average Bonchev–Trinajstić information content (AvgIpc) is 2.14. The van der Waals surface area contributed by atoms with Crippen molar-refractivity contribution in [1.29, 1.82) is 0 Å². The molecule has 0 amide bonds. The smallest absolute Gasteiger partial charge is 0.0356 e. The highest BCUT2D eigenvalue weighted by Crippen LogP contribution is 2.31. The predicted octanol–water partition coefficient (Wildman–Crippen LogP) is 1.95. The molecule has 0 heterocycles. The first-order chi connectivity index (χ1) is 6.35. The number of nitrogens with two attached hydrogens (primary N) is 1. The summed E-state index contributed by atoms with van der Waals surface area (Å²) in [7, 11) is -2.11. The van der Waals surface area contributed by atoms with Gasteiger partial charge < -0.3 is 5.73 Å². The van der Waals surface area contributed by atoms with Crippen LogP contribution in [0.4, 0.5) is 0 Å². The molecule has 0 aromatic carbocycles. The normalized spacial score (nSPS) is 20.1. The number of hydrogen-bond donors (Lipinski definition) is 2. The molecule has 0 rings (SSSR count). The summed E-state index contributed by atoms with van der Waals surface area (Å²) in [6, 6.07) is 0.0647. The maximum absolute atomic E-state index is 12.6. The molecule has 0 spiro atoms. The van der Waals surface area contributed by atoms with E-state index in [4.69, 9.17) is 5.73 Å². The third-order valence-electron chi connectivity index (χ3n) is 3.69. The highest BCUT2D eigenvalue weighted by atomic mass is 32.2. The van der Waals surface area contributed by atoms with Crippen molar-refractivity contribution in [3.8, 4) is 0 Å². The van der Waals surface area contributed by atoms with E-state index in [2.05, 4.69) is 27.7 Å². The quantitative estimate of drug-likeness (QED) is 0.673. The summed E-state index contributed by atoms with van der Waals surface area (Å²) in [6.45, 7) is 8.35. The van der Waals surface area contributed by atoms with Gasteiger partial charge in [-0.1, -0.05) is 30.7 Å². The molecule has 0 saturated heterocycles. The summed E-state index contributed by atoms with van der Waals surface area (Å²) >= 11 is 0. The Kier molecular flexibility index (Phi) is 5.31. The Morgan fingerprint density at radius 3 is 2.14 bits per heavy atom. The van der Waals surface area contributed by atoms with E-state index in [1.54, 1.807) is 0 Å². The van der Waals surface area contributed by atoms with Gasteiger partial charge in [0.2, 0.25) is 0 Å². The van der Waals surface area contributed by atoms with E-state index in [-0.39, 0.29) is 10.8 Å². The first-order valence-corrected chi connectivity index (χ1v) is 8.01. The van der Waals surface area contributed by atoms with Gasteiger partial charge in [-0.2, -0.15) is 0 Å². The van der Waals surface area contributed by atoms with Gasteiger partial charge in [0.1, 0.15) is 0 Å². The molecule has 3 heteroatoms. The Hall–Kier alpha value is 0.110. The molecule has 14 heavy (non-hydrogen) atoms. The molecule has 1 unspecified atom stereocenters. The lowest BCUT2D eigenvalue weighted by atomic mass is 9.97. The van der Waals surface area contributed by atoms with Gasteiger partial charge in [-0.15, -0.1) is 0 Å². The molecular weight excluding hydrogens is 194 g/mol. The van der Waals surface area contributed by atoms with Gasteiger partial charge in [-0.25, -0.2) is 0 Å². The molecule has 88 valence electrons. The lowest BCUT2D eigenvalue weighted by molar-refractivity contribution is 0.454. The Labute approximate surface area is 90.1 Å². The number of rotatable bonds is 6. The minimum absolute atomic E-state index is 0.0647. The fourth-order valence-electron chi connectivity index (χ4n) is 2.07. The van der Waals surface area contributed by atoms with Crippen LogP contribution in [0.3, 0.4) is 0 Å². The summed E-state index contributed by atoms with van der Waals surface area (Å²) in [4.78, 5) is 0. The molecule has 0 saturated carbocycles. The molecule has 0 aliphatic carbocycles. The fourth-order valence-corrected chi connectivity index (χ4v) is 4.99. The Balaban J connectivity index is 4.92. The predicted molar refractivity (Wildman–Crippen MR) is 67.6 cm³/mol. The summed E-state index contributed by atoms with van der Waals surface area (Å²) in [6.07, 6.45) is 4.73. The van der Waals surface area contributed by atoms with E-state index >= 15 is 0 Å². The van der Waals surface area contributed by atoms with Crippen molar-refractivity contribution in [1.82, 2.24) is 0 Å². The third kappa shape index (κ3) is 2.57. The fraction of sp³-hybridized carbons (Fsp3) is 1.00. The van der Waals surface area contributed by atoms with Gasteiger partial charge in [0.25, 0.3) is 0 Å². The molecule has 0 bridgehead atoms. The number of hydrogen-bond acceptors (Lipinski definition) is 2. The van der Waals surface area contributed by atoms with Crippen molar-refractivity contribution in [2.75, 3.05) is 12.0 Å². The van der Waals surface area contributed by atoms with Crippen LogP contribution < -0.4 is 5.73 Å². The maximum atomic E-state index is 12.6. The van der Waals surface area contributed by atoms with Crippen LogP contribution in [0.2, 0.25) is 0 Å². The van der Waals surface area contributed by atoms with Gasteiger partial charge in [0, 0.05) is 16.5 Å². The topological polar surface area (TPSA) is 43.1 Å². The zero-order chi connectivity index (χ0) is 11.4. The van der Waals surface area contributed by atoms with Crippen LogP contribution in [0.1, 0.15) is 47.0 Å². The molecule has 2 atom stereocenters. The van der Waals surface area contributed by atoms with Gasteiger partial charge in [-0.05, 0) is 32.4 Å². The van der Waals surface area contributed by atoms with Crippen molar-refractivity contribution >= 4 is 9.93 Å². The molecule has 0 aromatic heterocycles. The first kappa shape index (κ1) is 14.1. The minimum Gasteiger partial charge on any atom is -0.326 e. The van der Waals surface area contributed by atoms with E-state index in [0.29, 0.717) is 0 Å². The SMILES string of the molecule is CCC[SH](C)(=O)[C@](C)(CC)C(N)CC. The molecule has 0 radical (unpaired) electrons. The van der Waals surface area contributed by atoms with Crippen LogP contribution in [0.15, 0.2) is 0 Å². The minimum atomic E-state index is -2.11. The Morgan fingerprint density at radius 1 is 1.36 bits per heavy atom. The van der Waals surface area contributed by atoms with Crippen LogP contribution in [0.5, 0.6) is 0 Å². The zero-order valence-corrected chi connectivity index (χ0v) is 11.2. The van der Waals surface area contributed by atoms with E-state index in [0.717, 1.165) is 25.0 Å². The summed E-state index contributed by atoms with van der Waals surface area (Å²) in [5.41, 5.74) is 6.11. The summed E-state index contributed by atoms with van der Waals surface area (Å²) in [5, 5.41) is 0. The van der Waals surface area contributed by atoms with E-state index in [9.17, 15) is 4.21 Å². The largest absolute Gasteiger partial charge is 0.326 e. The van der Waals surface area contributed by atoms with Gasteiger partial charge in [-0.3, -0.25) is 4.21 Å². The van der Waals surface area contributed by atoms with Crippen LogP contribution in [-0.4, -0.2) is 27.0 Å². The van der Waals surface area contributed by atoms with Gasteiger partial charge in [0.05, 0.1) is 0 Å². The van der Waals surface area contributed by atoms with Crippen LogP contribution in [0.25, 0.3) is 0 Å². The standard InChI is InChI=1S/C11H27NOS/c1-6-9-14(5,13)11(4,8-3)10(12)7-2/h10,14H,6-9,12H2,1-5H3/t10?,11-/m1/s1. The molecule has 2 N–H and O–H groups in total. The first-order valence-electron chi connectivity index (χ1n) is 5.67. The van der Waals surface area contributed by atoms with Crippen molar-refractivity contribution < 1.29 is 4.21 Å². The molecular formula is C11H27NOS. The molecule has 2 nitrogen and oxygen atoms in total. The second-order valence-corrected chi connectivity index (χ2v) is 8.22. The second kappa shape index (κ2) is 5.26. The van der Waals surface area contributed by atoms with Crippen molar-refractivity contribution in [3.63, 3.8) is 0 Å². The lowest BCUT2D eigenvalue weighted by Crippen LogP contribution is -2.54. The average molecular weight is 221 g/mol. The summed E-state index contributed by atoms with van der Waals surface area (Å²) in [5.74, 6) is 0.824. The highest BCUT2D eigenvalue weighted by molar-refractivity contribution is 8.03. The van der Waals surface area contributed by atoms with E-state index in [1.807, 2.05) is 6.26 Å². The maximum Gasteiger partial charge on any atom is 0.0356 e. The van der Waals surface area contributed by atoms with E-state index < -0.39 is 9.93 Å². The molecule has 0 fully saturated rings.